The van der Waals surface area contributed by atoms with Crippen LogP contribution in [0.25, 0.3) is 0 Å². The molecule has 0 aromatic carbocycles. The third-order valence-corrected chi connectivity index (χ3v) is 2.32. The van der Waals surface area contributed by atoms with E-state index in [1.165, 1.54) is 0 Å². The van der Waals surface area contributed by atoms with E-state index < -0.39 is 0 Å². The Labute approximate surface area is 103 Å². The average Bonchev–Trinajstić information content (AvgIpc) is 2.33. The molecule has 1 aromatic heterocycles. The van der Waals surface area contributed by atoms with Crippen molar-refractivity contribution >= 4 is 5.69 Å². The minimum Gasteiger partial charge on any atom is -0.380 e. The van der Waals surface area contributed by atoms with Crippen molar-refractivity contribution < 1.29 is 4.74 Å². The number of nitriles is 1. The normalized spacial score (nSPS) is 10.2. The molecule has 0 radical (unpaired) electrons. The predicted molar refractivity (Wildman–Crippen MR) is 67.7 cm³/mol. The monoisotopic (exact) mass is 233 g/mol. The van der Waals surface area contributed by atoms with E-state index in [1.807, 2.05) is 18.2 Å². The SMILES string of the molecule is CC(C)CCOCCNc1cccnc1C#N. The molecule has 0 aliphatic heterocycles. The lowest BCUT2D eigenvalue weighted by atomic mass is 10.1. The van der Waals surface area contributed by atoms with Gasteiger partial charge in [0.05, 0.1) is 12.3 Å². The first-order valence-electron chi connectivity index (χ1n) is 5.90. The fourth-order valence-electron chi connectivity index (χ4n) is 1.32. The van der Waals surface area contributed by atoms with Crippen LogP contribution in [0.15, 0.2) is 18.3 Å². The van der Waals surface area contributed by atoms with Crippen molar-refractivity contribution in [3.8, 4) is 6.07 Å². The molecule has 17 heavy (non-hydrogen) atoms. The van der Waals surface area contributed by atoms with Crippen molar-refractivity contribution in [1.82, 2.24) is 4.98 Å². The van der Waals surface area contributed by atoms with E-state index in [2.05, 4.69) is 24.1 Å². The van der Waals surface area contributed by atoms with Gasteiger partial charge in [0.25, 0.3) is 0 Å². The smallest absolute Gasteiger partial charge is 0.163 e. The van der Waals surface area contributed by atoms with Crippen LogP contribution in [0.3, 0.4) is 0 Å². The second-order valence-corrected chi connectivity index (χ2v) is 4.23. The molecule has 0 fully saturated rings. The zero-order valence-electron chi connectivity index (χ0n) is 10.4. The third kappa shape index (κ3) is 5.32. The predicted octanol–water partition coefficient (Wildman–Crippen LogP) is 2.43. The molecule has 0 saturated heterocycles. The third-order valence-electron chi connectivity index (χ3n) is 2.32. The maximum atomic E-state index is 8.84. The number of rotatable bonds is 7. The molecule has 0 unspecified atom stereocenters. The van der Waals surface area contributed by atoms with Crippen molar-refractivity contribution in [2.45, 2.75) is 20.3 Å². The van der Waals surface area contributed by atoms with Crippen LogP contribution in [0.2, 0.25) is 0 Å². The quantitative estimate of drug-likeness (QED) is 0.735. The van der Waals surface area contributed by atoms with Gasteiger partial charge < -0.3 is 10.1 Å². The van der Waals surface area contributed by atoms with Gasteiger partial charge in [-0.05, 0) is 24.5 Å². The summed E-state index contributed by atoms with van der Waals surface area (Å²) in [5, 5.41) is 12.0. The minimum absolute atomic E-state index is 0.426. The number of hydrogen-bond acceptors (Lipinski definition) is 4. The number of anilines is 1. The summed E-state index contributed by atoms with van der Waals surface area (Å²) >= 11 is 0. The Kier molecular flexibility index (Phi) is 6.05. The molecular formula is C13H19N3O. The maximum Gasteiger partial charge on any atom is 0.163 e. The standard InChI is InChI=1S/C13H19N3O/c1-11(2)5-8-17-9-7-16-12-4-3-6-15-13(12)10-14/h3-4,6,11,16H,5,7-9H2,1-2H3. The first-order chi connectivity index (χ1) is 8.24. The number of ether oxygens (including phenoxy) is 1. The molecule has 0 amide bonds. The summed E-state index contributed by atoms with van der Waals surface area (Å²) in [6.45, 7) is 6.48. The largest absolute Gasteiger partial charge is 0.380 e. The molecule has 92 valence electrons. The first kappa shape index (κ1) is 13.5. The van der Waals surface area contributed by atoms with Gasteiger partial charge >= 0.3 is 0 Å². The highest BCUT2D eigenvalue weighted by molar-refractivity contribution is 5.53. The second kappa shape index (κ2) is 7.64. The summed E-state index contributed by atoms with van der Waals surface area (Å²) in [5.74, 6) is 0.673. The zero-order chi connectivity index (χ0) is 12.5. The highest BCUT2D eigenvalue weighted by Crippen LogP contribution is 2.09. The van der Waals surface area contributed by atoms with E-state index in [1.54, 1.807) is 6.20 Å². The van der Waals surface area contributed by atoms with Crippen molar-refractivity contribution in [1.29, 1.82) is 5.26 Å². The van der Waals surface area contributed by atoms with Crippen molar-refractivity contribution in [3.05, 3.63) is 24.0 Å². The van der Waals surface area contributed by atoms with E-state index in [-0.39, 0.29) is 0 Å². The topological polar surface area (TPSA) is 57.9 Å². The van der Waals surface area contributed by atoms with E-state index in [9.17, 15) is 0 Å². The number of aromatic nitrogens is 1. The molecular weight excluding hydrogens is 214 g/mol. The summed E-state index contributed by atoms with van der Waals surface area (Å²) in [6.07, 6.45) is 2.69. The molecule has 0 spiro atoms. The minimum atomic E-state index is 0.426. The molecule has 1 heterocycles. The average molecular weight is 233 g/mol. The molecule has 0 aliphatic rings. The van der Waals surface area contributed by atoms with Gasteiger partial charge in [-0.1, -0.05) is 13.8 Å². The van der Waals surface area contributed by atoms with Crippen LogP contribution in [0, 0.1) is 17.2 Å². The van der Waals surface area contributed by atoms with Crippen molar-refractivity contribution in [2.24, 2.45) is 5.92 Å². The number of pyridine rings is 1. The van der Waals surface area contributed by atoms with Crippen LogP contribution < -0.4 is 5.32 Å². The van der Waals surface area contributed by atoms with Gasteiger partial charge in [0, 0.05) is 19.3 Å². The van der Waals surface area contributed by atoms with Gasteiger partial charge in [0.1, 0.15) is 6.07 Å². The highest BCUT2D eigenvalue weighted by atomic mass is 16.5. The van der Waals surface area contributed by atoms with E-state index >= 15 is 0 Å². The summed E-state index contributed by atoms with van der Waals surface area (Å²) in [5.41, 5.74) is 1.19. The number of nitrogens with one attached hydrogen (secondary N) is 1. The maximum absolute atomic E-state index is 8.84. The summed E-state index contributed by atoms with van der Waals surface area (Å²) in [6, 6.07) is 5.70. The van der Waals surface area contributed by atoms with E-state index in [0.717, 1.165) is 18.7 Å². The van der Waals surface area contributed by atoms with Crippen molar-refractivity contribution in [2.75, 3.05) is 25.1 Å². The highest BCUT2D eigenvalue weighted by Gasteiger charge is 2.00. The Morgan fingerprint density at radius 2 is 2.29 bits per heavy atom. The Morgan fingerprint density at radius 1 is 1.47 bits per heavy atom. The summed E-state index contributed by atoms with van der Waals surface area (Å²) < 4.78 is 5.47. The summed E-state index contributed by atoms with van der Waals surface area (Å²) in [7, 11) is 0. The van der Waals surface area contributed by atoms with Crippen LogP contribution in [0.1, 0.15) is 26.0 Å². The van der Waals surface area contributed by atoms with Crippen LogP contribution in [0.5, 0.6) is 0 Å². The van der Waals surface area contributed by atoms with Gasteiger partial charge in [-0.3, -0.25) is 0 Å². The van der Waals surface area contributed by atoms with Gasteiger partial charge in [-0.25, -0.2) is 4.98 Å². The zero-order valence-corrected chi connectivity index (χ0v) is 10.4. The lowest BCUT2D eigenvalue weighted by molar-refractivity contribution is 0.132. The van der Waals surface area contributed by atoms with Gasteiger partial charge in [-0.15, -0.1) is 0 Å². The van der Waals surface area contributed by atoms with Crippen LogP contribution >= 0.6 is 0 Å². The molecule has 0 atom stereocenters. The van der Waals surface area contributed by atoms with E-state index in [4.69, 9.17) is 10.00 Å². The number of hydrogen-bond donors (Lipinski definition) is 1. The molecule has 1 N–H and O–H groups in total. The van der Waals surface area contributed by atoms with Crippen LogP contribution in [-0.4, -0.2) is 24.7 Å². The fourth-order valence-corrected chi connectivity index (χ4v) is 1.32. The van der Waals surface area contributed by atoms with Crippen LogP contribution in [-0.2, 0) is 4.74 Å². The first-order valence-corrected chi connectivity index (χ1v) is 5.90. The Morgan fingerprint density at radius 3 is 3.00 bits per heavy atom. The van der Waals surface area contributed by atoms with Gasteiger partial charge in [-0.2, -0.15) is 5.26 Å². The summed E-state index contributed by atoms with van der Waals surface area (Å²) in [4.78, 5) is 3.97. The molecule has 1 rings (SSSR count). The Hall–Kier alpha value is -1.60. The Balaban J connectivity index is 2.20. The molecule has 4 heteroatoms. The molecule has 1 aromatic rings. The number of nitrogens with zero attached hydrogens (tertiary/aromatic N) is 2. The molecule has 4 nitrogen and oxygen atoms in total. The fraction of sp³-hybridized carbons (Fsp3) is 0.538. The Bertz CT molecular complexity index is 371. The molecule has 0 bridgehead atoms. The van der Waals surface area contributed by atoms with Crippen molar-refractivity contribution in [3.63, 3.8) is 0 Å². The molecule has 0 saturated carbocycles. The van der Waals surface area contributed by atoms with Gasteiger partial charge in [0.2, 0.25) is 0 Å². The molecule has 0 aliphatic carbocycles. The lowest BCUT2D eigenvalue weighted by Gasteiger charge is -2.09. The van der Waals surface area contributed by atoms with Gasteiger partial charge in [0.15, 0.2) is 5.69 Å². The lowest BCUT2D eigenvalue weighted by Crippen LogP contribution is -2.11. The van der Waals surface area contributed by atoms with E-state index in [0.29, 0.717) is 24.8 Å². The second-order valence-electron chi connectivity index (χ2n) is 4.23. The van der Waals surface area contributed by atoms with Crippen LogP contribution in [0.4, 0.5) is 5.69 Å².